The highest BCUT2D eigenvalue weighted by Crippen LogP contribution is 2.23. The first-order valence-electron chi connectivity index (χ1n) is 7.46. The lowest BCUT2D eigenvalue weighted by Crippen LogP contribution is -2.49. The molecule has 1 amide bonds. The summed E-state index contributed by atoms with van der Waals surface area (Å²) in [7, 11) is -3.37. The fraction of sp³-hybridized carbons (Fsp3) is 0.923. The predicted molar refractivity (Wildman–Crippen MR) is 80.5 cm³/mol. The van der Waals surface area contributed by atoms with E-state index >= 15 is 0 Å². The Balaban J connectivity index is 2.07. The van der Waals surface area contributed by atoms with Crippen molar-refractivity contribution in [2.24, 2.45) is 11.7 Å². The fourth-order valence-corrected chi connectivity index (χ4v) is 3.87. The van der Waals surface area contributed by atoms with Crippen molar-refractivity contribution >= 4 is 15.9 Å². The largest absolute Gasteiger partial charge is 0.388 e. The van der Waals surface area contributed by atoms with Crippen molar-refractivity contribution in [2.75, 3.05) is 52.2 Å². The summed E-state index contributed by atoms with van der Waals surface area (Å²) in [5, 5.41) is 10.6. The molecule has 22 heavy (non-hydrogen) atoms. The maximum atomic E-state index is 11.8. The number of nitrogens with zero attached hydrogens (tertiary/aromatic N) is 2. The summed E-state index contributed by atoms with van der Waals surface area (Å²) in [5.41, 5.74) is 4.55. The minimum absolute atomic E-state index is 0.103. The quantitative estimate of drug-likeness (QED) is 0.627. The third kappa shape index (κ3) is 4.63. The van der Waals surface area contributed by atoms with E-state index in [0.29, 0.717) is 52.2 Å². The number of amides is 1. The van der Waals surface area contributed by atoms with Gasteiger partial charge in [-0.2, -0.15) is 0 Å². The van der Waals surface area contributed by atoms with Crippen molar-refractivity contribution in [2.45, 2.75) is 18.4 Å². The summed E-state index contributed by atoms with van der Waals surface area (Å²) in [6.45, 7) is 2.67. The van der Waals surface area contributed by atoms with Crippen LogP contribution in [0.5, 0.6) is 0 Å². The van der Waals surface area contributed by atoms with Gasteiger partial charge in [-0.05, 0) is 0 Å². The van der Waals surface area contributed by atoms with Gasteiger partial charge in [-0.15, -0.1) is 0 Å². The Hall–Kier alpha value is -0.740. The molecule has 3 N–H and O–H groups in total. The lowest BCUT2D eigenvalue weighted by atomic mass is 9.93. The number of primary amides is 1. The normalized spacial score (nSPS) is 28.2. The van der Waals surface area contributed by atoms with Crippen molar-refractivity contribution in [3.8, 4) is 0 Å². The molecule has 2 saturated heterocycles. The number of β-amino-alcohol motifs (C(OH)–C–C–N with tert-alkyl or cyclic N) is 1. The van der Waals surface area contributed by atoms with Crippen LogP contribution in [0.3, 0.4) is 0 Å². The van der Waals surface area contributed by atoms with Crippen molar-refractivity contribution in [3.63, 3.8) is 0 Å². The van der Waals surface area contributed by atoms with Crippen molar-refractivity contribution in [1.82, 2.24) is 9.21 Å². The SMILES string of the molecule is CS(=O)(=O)N1CCN(CC2(O)CCOCC2)CC(C(N)=O)C1. The molecule has 1 atom stereocenters. The average molecular weight is 335 g/mol. The molecule has 0 aromatic heterocycles. The highest BCUT2D eigenvalue weighted by Gasteiger charge is 2.36. The number of carbonyl (C=O) groups is 1. The number of hydrogen-bond acceptors (Lipinski definition) is 6. The van der Waals surface area contributed by atoms with E-state index in [4.69, 9.17) is 10.5 Å². The van der Waals surface area contributed by atoms with E-state index in [9.17, 15) is 18.3 Å². The fourth-order valence-electron chi connectivity index (χ4n) is 3.00. The first-order chi connectivity index (χ1) is 10.2. The van der Waals surface area contributed by atoms with Crippen molar-refractivity contribution < 1.29 is 23.1 Å². The topological polar surface area (TPSA) is 113 Å². The molecule has 1 unspecified atom stereocenters. The Morgan fingerprint density at radius 2 is 1.95 bits per heavy atom. The van der Waals surface area contributed by atoms with Crippen LogP contribution in [0, 0.1) is 5.92 Å². The lowest BCUT2D eigenvalue weighted by Gasteiger charge is -2.37. The Morgan fingerprint density at radius 1 is 1.32 bits per heavy atom. The molecule has 2 heterocycles. The molecule has 0 spiro atoms. The van der Waals surface area contributed by atoms with Gasteiger partial charge in [0.1, 0.15) is 0 Å². The molecule has 2 fully saturated rings. The Morgan fingerprint density at radius 3 is 2.50 bits per heavy atom. The first kappa shape index (κ1) is 17.6. The third-order valence-corrected chi connectivity index (χ3v) is 5.65. The first-order valence-corrected chi connectivity index (χ1v) is 9.31. The van der Waals surface area contributed by atoms with Crippen LogP contribution in [-0.4, -0.2) is 86.4 Å². The van der Waals surface area contributed by atoms with Gasteiger partial charge in [-0.1, -0.05) is 0 Å². The molecular weight excluding hydrogens is 310 g/mol. The molecule has 0 bridgehead atoms. The van der Waals surface area contributed by atoms with Crippen LogP contribution in [0.15, 0.2) is 0 Å². The van der Waals surface area contributed by atoms with Gasteiger partial charge >= 0.3 is 0 Å². The van der Waals surface area contributed by atoms with Crippen LogP contribution in [0.25, 0.3) is 0 Å². The van der Waals surface area contributed by atoms with Gasteiger partial charge in [0.2, 0.25) is 15.9 Å². The predicted octanol–water partition coefficient (Wildman–Crippen LogP) is -1.79. The number of sulfonamides is 1. The van der Waals surface area contributed by atoms with Crippen LogP contribution in [0.4, 0.5) is 0 Å². The second-order valence-corrected chi connectivity index (χ2v) is 8.27. The van der Waals surface area contributed by atoms with Gasteiger partial charge < -0.3 is 15.6 Å². The minimum atomic E-state index is -3.37. The Bertz CT molecular complexity index is 504. The molecule has 2 aliphatic rings. The maximum absolute atomic E-state index is 11.8. The monoisotopic (exact) mass is 335 g/mol. The highest BCUT2D eigenvalue weighted by atomic mass is 32.2. The average Bonchev–Trinajstić information content (AvgIpc) is 2.61. The van der Waals surface area contributed by atoms with Crippen LogP contribution in [-0.2, 0) is 19.6 Å². The molecular formula is C13H25N3O5S. The van der Waals surface area contributed by atoms with Crippen LogP contribution >= 0.6 is 0 Å². The molecule has 0 aliphatic carbocycles. The number of aliphatic hydroxyl groups is 1. The van der Waals surface area contributed by atoms with Gasteiger partial charge in [0.05, 0.1) is 17.8 Å². The summed E-state index contributed by atoms with van der Waals surface area (Å²) in [5.74, 6) is -1.08. The van der Waals surface area contributed by atoms with Crippen LogP contribution in [0.2, 0.25) is 0 Å². The van der Waals surface area contributed by atoms with Gasteiger partial charge in [-0.25, -0.2) is 12.7 Å². The van der Waals surface area contributed by atoms with E-state index in [0.717, 1.165) is 6.26 Å². The molecule has 0 aromatic carbocycles. The number of nitrogens with two attached hydrogens (primary N) is 1. The van der Waals surface area contributed by atoms with Gasteiger partial charge in [0.25, 0.3) is 0 Å². The number of hydrogen-bond donors (Lipinski definition) is 2. The minimum Gasteiger partial charge on any atom is -0.388 e. The Kier molecular flexibility index (Phi) is 5.44. The molecule has 8 nitrogen and oxygen atoms in total. The summed E-state index contributed by atoms with van der Waals surface area (Å²) in [6.07, 6.45) is 2.22. The highest BCUT2D eigenvalue weighted by molar-refractivity contribution is 7.88. The van der Waals surface area contributed by atoms with E-state index in [2.05, 4.69) is 0 Å². The second kappa shape index (κ2) is 6.79. The molecule has 0 saturated carbocycles. The number of rotatable bonds is 4. The van der Waals surface area contributed by atoms with E-state index in [-0.39, 0.29) is 6.54 Å². The number of ether oxygens (including phenoxy) is 1. The molecule has 9 heteroatoms. The molecule has 0 radical (unpaired) electrons. The standard InChI is InChI=1S/C13H25N3O5S/c1-22(19,20)16-5-4-15(8-11(9-16)12(14)17)10-13(18)2-6-21-7-3-13/h11,18H,2-10H2,1H3,(H2,14,17). The van der Waals surface area contributed by atoms with E-state index in [1.54, 1.807) is 0 Å². The zero-order valence-corrected chi connectivity index (χ0v) is 13.7. The van der Waals surface area contributed by atoms with Gasteiger partial charge in [-0.3, -0.25) is 9.69 Å². The van der Waals surface area contributed by atoms with E-state index in [1.807, 2.05) is 4.90 Å². The molecule has 2 rings (SSSR count). The van der Waals surface area contributed by atoms with E-state index in [1.165, 1.54) is 4.31 Å². The Labute approximate surface area is 131 Å². The summed E-state index contributed by atoms with van der Waals surface area (Å²) >= 11 is 0. The summed E-state index contributed by atoms with van der Waals surface area (Å²) < 4.78 is 30.1. The maximum Gasteiger partial charge on any atom is 0.223 e. The van der Waals surface area contributed by atoms with Crippen LogP contribution < -0.4 is 5.73 Å². The zero-order chi connectivity index (χ0) is 16.4. The summed E-state index contributed by atoms with van der Waals surface area (Å²) in [6, 6.07) is 0. The second-order valence-electron chi connectivity index (χ2n) is 6.29. The van der Waals surface area contributed by atoms with Crippen molar-refractivity contribution in [3.05, 3.63) is 0 Å². The van der Waals surface area contributed by atoms with E-state index < -0.39 is 27.4 Å². The molecule has 0 aromatic rings. The lowest BCUT2D eigenvalue weighted by molar-refractivity contribution is -0.123. The smallest absolute Gasteiger partial charge is 0.223 e. The van der Waals surface area contributed by atoms with Crippen LogP contribution in [0.1, 0.15) is 12.8 Å². The van der Waals surface area contributed by atoms with Gasteiger partial charge in [0, 0.05) is 58.8 Å². The molecule has 128 valence electrons. The third-order valence-electron chi connectivity index (χ3n) is 4.38. The summed E-state index contributed by atoms with van der Waals surface area (Å²) in [4.78, 5) is 13.5. The van der Waals surface area contributed by atoms with Crippen molar-refractivity contribution in [1.29, 1.82) is 0 Å². The number of carbonyl (C=O) groups excluding carboxylic acids is 1. The van der Waals surface area contributed by atoms with Gasteiger partial charge in [0.15, 0.2) is 0 Å². The molecule has 2 aliphatic heterocycles. The zero-order valence-electron chi connectivity index (χ0n) is 12.9.